The molecule has 2 N–H and O–H groups in total. The van der Waals surface area contributed by atoms with E-state index in [0.29, 0.717) is 19.5 Å². The molecule has 142 valence electrons. The van der Waals surface area contributed by atoms with Gasteiger partial charge in [-0.05, 0) is 23.6 Å². The van der Waals surface area contributed by atoms with Gasteiger partial charge in [0.15, 0.2) is 5.60 Å². The number of rotatable bonds is 1. The van der Waals surface area contributed by atoms with E-state index in [-0.39, 0.29) is 23.0 Å². The SMILES string of the molecule is COC(=O)[C@@]1(O)CC23C=CC[N+]4([O-])CCC5(c6ccccc6NC51C2C)C34. The van der Waals surface area contributed by atoms with Gasteiger partial charge in [0.2, 0.25) is 0 Å². The van der Waals surface area contributed by atoms with Crippen molar-refractivity contribution < 1.29 is 19.3 Å². The highest BCUT2D eigenvalue weighted by molar-refractivity contribution is 5.88. The number of para-hydroxylation sites is 1. The number of hydrogen-bond donors (Lipinski definition) is 2. The zero-order valence-corrected chi connectivity index (χ0v) is 15.6. The maximum Gasteiger partial charge on any atom is 0.340 e. The van der Waals surface area contributed by atoms with E-state index < -0.39 is 27.9 Å². The number of ether oxygens (including phenoxy) is 1. The Labute approximate surface area is 158 Å². The number of esters is 1. The molecular weight excluding hydrogens is 344 g/mol. The Balaban J connectivity index is 1.74. The maximum absolute atomic E-state index is 13.9. The number of methoxy groups -OCH3 is 1. The molecule has 2 saturated carbocycles. The third-order valence-corrected chi connectivity index (χ3v) is 8.81. The molecule has 6 nitrogen and oxygen atoms in total. The number of anilines is 1. The second-order valence-corrected chi connectivity index (χ2v) is 9.23. The molecule has 6 heteroatoms. The molecule has 1 saturated heterocycles. The van der Waals surface area contributed by atoms with Gasteiger partial charge in [0.05, 0.1) is 36.6 Å². The fraction of sp³-hybridized carbons (Fsp3) is 0.571. The smallest absolute Gasteiger partial charge is 0.340 e. The van der Waals surface area contributed by atoms with Gasteiger partial charge in [-0.25, -0.2) is 4.79 Å². The Morgan fingerprint density at radius 3 is 2.96 bits per heavy atom. The summed E-state index contributed by atoms with van der Waals surface area (Å²) >= 11 is 0. The van der Waals surface area contributed by atoms with E-state index in [0.717, 1.165) is 11.3 Å². The molecule has 6 unspecified atom stereocenters. The van der Waals surface area contributed by atoms with Crippen LogP contribution in [0.1, 0.15) is 25.3 Å². The number of quaternary nitrogens is 1. The van der Waals surface area contributed by atoms with Gasteiger partial charge in [-0.15, -0.1) is 0 Å². The number of carbonyl (C=O) groups is 1. The summed E-state index contributed by atoms with van der Waals surface area (Å²) in [5, 5.41) is 29.4. The van der Waals surface area contributed by atoms with Crippen molar-refractivity contribution in [1.82, 2.24) is 0 Å². The van der Waals surface area contributed by atoms with Crippen LogP contribution in [0.3, 0.4) is 0 Å². The summed E-state index contributed by atoms with van der Waals surface area (Å²) in [5.74, 6) is -0.672. The predicted molar refractivity (Wildman–Crippen MR) is 98.6 cm³/mol. The van der Waals surface area contributed by atoms with Crippen molar-refractivity contribution in [3.63, 3.8) is 0 Å². The molecule has 2 bridgehead atoms. The van der Waals surface area contributed by atoms with Crippen molar-refractivity contribution in [2.24, 2.45) is 11.3 Å². The summed E-state index contributed by atoms with van der Waals surface area (Å²) in [7, 11) is 1.33. The van der Waals surface area contributed by atoms with Crippen molar-refractivity contribution in [3.8, 4) is 0 Å². The highest BCUT2D eigenvalue weighted by Gasteiger charge is 2.93. The fourth-order valence-corrected chi connectivity index (χ4v) is 8.28. The minimum absolute atomic E-state index is 0.0743. The van der Waals surface area contributed by atoms with Gasteiger partial charge in [0, 0.05) is 18.5 Å². The van der Waals surface area contributed by atoms with Gasteiger partial charge >= 0.3 is 5.97 Å². The van der Waals surface area contributed by atoms with Gasteiger partial charge in [-0.1, -0.05) is 31.2 Å². The lowest BCUT2D eigenvalue weighted by Gasteiger charge is -2.57. The lowest BCUT2D eigenvalue weighted by atomic mass is 9.55. The van der Waals surface area contributed by atoms with E-state index in [1.165, 1.54) is 7.11 Å². The molecule has 3 fully saturated rings. The average molecular weight is 368 g/mol. The number of aliphatic hydroxyl groups is 1. The van der Waals surface area contributed by atoms with E-state index in [2.05, 4.69) is 24.4 Å². The molecule has 1 aromatic rings. The highest BCUT2D eigenvalue weighted by atomic mass is 16.6. The first-order chi connectivity index (χ1) is 12.8. The molecule has 6 rings (SSSR count). The predicted octanol–water partition coefficient (Wildman–Crippen LogP) is 1.69. The van der Waals surface area contributed by atoms with Crippen LogP contribution in [0.15, 0.2) is 36.4 Å². The van der Waals surface area contributed by atoms with Crippen molar-refractivity contribution in [3.05, 3.63) is 47.2 Å². The number of nitrogens with zero attached hydrogens (tertiary/aromatic N) is 1. The molecule has 2 aliphatic carbocycles. The van der Waals surface area contributed by atoms with E-state index in [1.54, 1.807) is 0 Å². The van der Waals surface area contributed by atoms with Crippen LogP contribution in [0.4, 0.5) is 5.69 Å². The molecule has 7 atom stereocenters. The summed E-state index contributed by atoms with van der Waals surface area (Å²) in [6, 6.07) is 7.83. The summed E-state index contributed by atoms with van der Waals surface area (Å²) < 4.78 is 4.85. The van der Waals surface area contributed by atoms with Crippen LogP contribution >= 0.6 is 0 Å². The topological polar surface area (TPSA) is 81.6 Å². The number of hydrogen-bond acceptors (Lipinski definition) is 5. The highest BCUT2D eigenvalue weighted by Crippen LogP contribution is 2.81. The standard InChI is InChI=1S/C21H24N2O4/c1-13-18-8-5-10-23(26)11-9-19(16(18)23)14-6-3-4-7-15(14)22-21(13,19)20(25,12-18)17(24)27-2/h3-8,13,16,22,25H,9-12H2,1-2H3/t13?,16?,18?,19?,20-,21?,23?/m0/s1. The van der Waals surface area contributed by atoms with Crippen molar-refractivity contribution in [2.45, 2.75) is 42.4 Å². The maximum atomic E-state index is 13.9. The first kappa shape index (κ1) is 16.1. The number of nitrogens with one attached hydrogen (secondary N) is 1. The Bertz CT molecular complexity index is 933. The summed E-state index contributed by atoms with van der Waals surface area (Å²) in [5.41, 5.74) is -1.67. The molecule has 3 heterocycles. The van der Waals surface area contributed by atoms with Crippen LogP contribution < -0.4 is 5.32 Å². The lowest BCUT2D eigenvalue weighted by molar-refractivity contribution is -0.898. The Morgan fingerprint density at radius 1 is 1.41 bits per heavy atom. The molecular formula is C21H24N2O4. The van der Waals surface area contributed by atoms with Crippen LogP contribution in [0, 0.1) is 16.5 Å². The van der Waals surface area contributed by atoms with Crippen molar-refractivity contribution in [1.29, 1.82) is 0 Å². The fourth-order valence-electron chi connectivity index (χ4n) is 8.28. The lowest BCUT2D eigenvalue weighted by Crippen LogP contribution is -2.73. The zero-order valence-electron chi connectivity index (χ0n) is 15.6. The van der Waals surface area contributed by atoms with Crippen LogP contribution in [0.5, 0.6) is 0 Å². The number of carbonyl (C=O) groups excluding carboxylic acids is 1. The van der Waals surface area contributed by atoms with Gasteiger partial charge in [0.1, 0.15) is 6.04 Å². The molecule has 27 heavy (non-hydrogen) atoms. The number of hydroxylamine groups is 3. The monoisotopic (exact) mass is 368 g/mol. The number of fused-ring (bicyclic) bond motifs is 1. The third kappa shape index (κ3) is 1.25. The zero-order chi connectivity index (χ0) is 18.9. The van der Waals surface area contributed by atoms with Gasteiger partial charge in [-0.2, -0.15) is 0 Å². The van der Waals surface area contributed by atoms with Crippen LogP contribution in [-0.2, 0) is 14.9 Å². The first-order valence-electron chi connectivity index (χ1n) is 9.76. The van der Waals surface area contributed by atoms with Gasteiger partial charge in [-0.3, -0.25) is 0 Å². The normalized spacial score (nSPS) is 52.9. The Morgan fingerprint density at radius 2 is 2.19 bits per heavy atom. The first-order valence-corrected chi connectivity index (χ1v) is 9.76. The Kier molecular flexibility index (Phi) is 2.53. The number of benzene rings is 1. The molecule has 0 amide bonds. The van der Waals surface area contributed by atoms with E-state index in [1.807, 2.05) is 24.3 Å². The van der Waals surface area contributed by atoms with Crippen molar-refractivity contribution in [2.75, 3.05) is 25.5 Å². The molecule has 1 aromatic carbocycles. The van der Waals surface area contributed by atoms with Crippen LogP contribution in [0.2, 0.25) is 0 Å². The third-order valence-electron chi connectivity index (χ3n) is 8.81. The minimum Gasteiger partial charge on any atom is -0.632 e. The van der Waals surface area contributed by atoms with E-state index in [9.17, 15) is 15.1 Å². The second-order valence-electron chi connectivity index (χ2n) is 9.23. The quantitative estimate of drug-likeness (QED) is 0.341. The minimum atomic E-state index is -1.67. The van der Waals surface area contributed by atoms with Crippen molar-refractivity contribution >= 4 is 11.7 Å². The molecule has 0 aromatic heterocycles. The van der Waals surface area contributed by atoms with E-state index >= 15 is 0 Å². The Hall–Kier alpha value is -1.89. The largest absolute Gasteiger partial charge is 0.632 e. The molecule has 0 radical (unpaired) electrons. The summed E-state index contributed by atoms with van der Waals surface area (Å²) in [6.45, 7) is 3.08. The van der Waals surface area contributed by atoms with Crippen LogP contribution in [-0.4, -0.2) is 53.1 Å². The second kappa shape index (κ2) is 4.24. The van der Waals surface area contributed by atoms with Gasteiger partial charge in [0.25, 0.3) is 0 Å². The molecule has 3 aliphatic heterocycles. The molecule has 3 spiro atoms. The summed E-state index contributed by atoms with van der Waals surface area (Å²) in [4.78, 5) is 13.0. The average Bonchev–Trinajstić information content (AvgIpc) is 3.26. The summed E-state index contributed by atoms with van der Waals surface area (Å²) in [6.07, 6.45) is 5.01. The molecule has 5 aliphatic rings. The van der Waals surface area contributed by atoms with Crippen LogP contribution in [0.25, 0.3) is 0 Å². The van der Waals surface area contributed by atoms with E-state index in [4.69, 9.17) is 4.74 Å². The van der Waals surface area contributed by atoms with Gasteiger partial charge < -0.3 is 25.0 Å².